The standard InChI is InChI=1S/C7H7BO3/c9-7-5-3-1-2-4-6(5)8(10)11-7/h1-4,7,9-10H/p+1. The highest BCUT2D eigenvalue weighted by Gasteiger charge is 2.36. The quantitative estimate of drug-likeness (QED) is 0.387. The van der Waals surface area contributed by atoms with Crippen LogP contribution in [0.25, 0.3) is 0 Å². The van der Waals surface area contributed by atoms with E-state index in [0.29, 0.717) is 5.46 Å². The summed E-state index contributed by atoms with van der Waals surface area (Å²) in [5, 5.41) is 16.6. The maximum absolute atomic E-state index is 9.21. The topological polar surface area (TPSA) is 52.4 Å². The van der Waals surface area contributed by atoms with Crippen molar-refractivity contribution >= 4 is 12.6 Å². The zero-order chi connectivity index (χ0) is 7.84. The first-order chi connectivity index (χ1) is 5.29. The number of fused-ring (bicyclic) bond motifs is 1. The molecule has 0 spiro atoms. The first-order valence-electron chi connectivity index (χ1n) is 3.42. The van der Waals surface area contributed by atoms with E-state index in [-0.39, 0.29) is 0 Å². The smallest absolute Gasteiger partial charge is 0.423 e. The minimum Gasteiger partial charge on any atom is -0.423 e. The van der Waals surface area contributed by atoms with E-state index in [1.165, 1.54) is 0 Å². The van der Waals surface area contributed by atoms with Crippen molar-refractivity contribution in [2.75, 3.05) is 0 Å². The number of hydrogen-bond acceptors (Lipinski definition) is 2. The lowest BCUT2D eigenvalue weighted by atomic mass is 9.80. The van der Waals surface area contributed by atoms with Gasteiger partial charge in [0.15, 0.2) is 0 Å². The van der Waals surface area contributed by atoms with Crippen molar-refractivity contribution in [2.24, 2.45) is 0 Å². The van der Waals surface area contributed by atoms with E-state index < -0.39 is 13.4 Å². The van der Waals surface area contributed by atoms with E-state index in [1.807, 2.05) is 12.1 Å². The highest BCUT2D eigenvalue weighted by molar-refractivity contribution is 6.61. The molecule has 1 aliphatic rings. The van der Waals surface area contributed by atoms with Gasteiger partial charge in [-0.1, -0.05) is 18.2 Å². The molecule has 0 aliphatic carbocycles. The van der Waals surface area contributed by atoms with Crippen LogP contribution in [0.4, 0.5) is 0 Å². The van der Waals surface area contributed by atoms with Gasteiger partial charge in [-0.2, -0.15) is 0 Å². The molecule has 3 N–H and O–H groups in total. The average Bonchev–Trinajstić information content (AvgIpc) is 2.30. The van der Waals surface area contributed by atoms with Gasteiger partial charge in [-0.25, -0.2) is 0 Å². The van der Waals surface area contributed by atoms with Crippen molar-refractivity contribution in [1.29, 1.82) is 0 Å². The van der Waals surface area contributed by atoms with Crippen molar-refractivity contribution in [3.63, 3.8) is 0 Å². The Labute approximate surface area is 64.4 Å². The molecule has 11 heavy (non-hydrogen) atoms. The van der Waals surface area contributed by atoms with Crippen molar-refractivity contribution in [1.82, 2.24) is 0 Å². The molecular weight excluding hydrogens is 143 g/mol. The second-order valence-corrected chi connectivity index (χ2v) is 2.50. The van der Waals surface area contributed by atoms with Gasteiger partial charge >= 0.3 is 7.12 Å². The molecule has 0 aromatic heterocycles. The van der Waals surface area contributed by atoms with Crippen LogP contribution in [0.15, 0.2) is 24.3 Å². The summed E-state index contributed by atoms with van der Waals surface area (Å²) in [6.45, 7) is 0. The van der Waals surface area contributed by atoms with Gasteiger partial charge in [-0.05, 0) is 11.5 Å². The molecule has 1 aliphatic heterocycles. The fourth-order valence-electron chi connectivity index (χ4n) is 1.25. The van der Waals surface area contributed by atoms with Crippen LogP contribution in [0.1, 0.15) is 11.9 Å². The summed E-state index contributed by atoms with van der Waals surface area (Å²) in [4.78, 5) is 0. The minimum absolute atomic E-state index is 0.715. The summed E-state index contributed by atoms with van der Waals surface area (Å²) in [6.07, 6.45) is -0.721. The third-order valence-corrected chi connectivity index (χ3v) is 1.81. The van der Waals surface area contributed by atoms with E-state index in [4.69, 9.17) is 9.76 Å². The SMILES string of the molecule is OB1OC([OH2+])c2ccccc21. The maximum atomic E-state index is 9.21. The highest BCUT2D eigenvalue weighted by atomic mass is 16.6. The molecule has 0 saturated carbocycles. The number of rotatable bonds is 0. The Balaban J connectivity index is 2.52. The van der Waals surface area contributed by atoms with Gasteiger partial charge in [-0.3, -0.25) is 0 Å². The molecule has 4 heteroatoms. The predicted molar refractivity (Wildman–Crippen MR) is 41.5 cm³/mol. The molecule has 1 heterocycles. The largest absolute Gasteiger partial charge is 0.497 e. The van der Waals surface area contributed by atoms with Crippen LogP contribution in [0.2, 0.25) is 0 Å². The Hall–Kier alpha value is -0.835. The normalized spacial score (nSPS) is 22.0. The number of benzene rings is 1. The van der Waals surface area contributed by atoms with Crippen LogP contribution in [0.3, 0.4) is 0 Å². The lowest BCUT2D eigenvalue weighted by molar-refractivity contribution is -0.0218. The molecule has 56 valence electrons. The van der Waals surface area contributed by atoms with Gasteiger partial charge in [-0.15, -0.1) is 0 Å². The molecular formula is C7H8BO3+. The van der Waals surface area contributed by atoms with Crippen LogP contribution in [-0.4, -0.2) is 17.2 Å². The van der Waals surface area contributed by atoms with E-state index in [0.717, 1.165) is 5.56 Å². The van der Waals surface area contributed by atoms with Crippen LogP contribution in [0, 0.1) is 0 Å². The zero-order valence-electron chi connectivity index (χ0n) is 5.82. The summed E-state index contributed by atoms with van der Waals surface area (Å²) in [5.41, 5.74) is 1.48. The highest BCUT2D eigenvalue weighted by Crippen LogP contribution is 2.19. The Morgan fingerprint density at radius 1 is 1.45 bits per heavy atom. The van der Waals surface area contributed by atoms with E-state index in [1.54, 1.807) is 12.1 Å². The fourth-order valence-corrected chi connectivity index (χ4v) is 1.25. The molecule has 2 rings (SSSR count). The molecule has 0 bridgehead atoms. The zero-order valence-corrected chi connectivity index (χ0v) is 5.82. The van der Waals surface area contributed by atoms with Crippen LogP contribution in [0.5, 0.6) is 0 Å². The Morgan fingerprint density at radius 3 is 2.91 bits per heavy atom. The second kappa shape index (κ2) is 2.34. The Kier molecular flexibility index (Phi) is 1.46. The molecule has 0 radical (unpaired) electrons. The molecule has 1 aromatic rings. The van der Waals surface area contributed by atoms with Crippen LogP contribution >= 0.6 is 0 Å². The Morgan fingerprint density at radius 2 is 2.18 bits per heavy atom. The fraction of sp³-hybridized carbons (Fsp3) is 0.143. The third kappa shape index (κ3) is 0.958. The van der Waals surface area contributed by atoms with Gasteiger partial charge < -0.3 is 14.8 Å². The van der Waals surface area contributed by atoms with Crippen LogP contribution in [-0.2, 0) is 4.65 Å². The summed E-state index contributed by atoms with van der Waals surface area (Å²) in [7, 11) is -0.909. The maximum Gasteiger partial charge on any atom is 0.497 e. The van der Waals surface area contributed by atoms with Gasteiger partial charge in [0.2, 0.25) is 0 Å². The van der Waals surface area contributed by atoms with E-state index >= 15 is 0 Å². The van der Waals surface area contributed by atoms with Crippen LogP contribution < -0.4 is 5.46 Å². The number of hydrogen-bond donors (Lipinski definition) is 1. The molecule has 1 atom stereocenters. The summed E-state index contributed by atoms with van der Waals surface area (Å²) < 4.78 is 4.85. The second-order valence-electron chi connectivity index (χ2n) is 2.50. The van der Waals surface area contributed by atoms with Gasteiger partial charge in [0.25, 0.3) is 6.29 Å². The van der Waals surface area contributed by atoms with Crippen molar-refractivity contribution in [3.8, 4) is 0 Å². The minimum atomic E-state index is -0.909. The lowest BCUT2D eigenvalue weighted by Crippen LogP contribution is -2.27. The van der Waals surface area contributed by atoms with E-state index in [9.17, 15) is 5.02 Å². The first-order valence-corrected chi connectivity index (χ1v) is 3.42. The monoisotopic (exact) mass is 151 g/mol. The summed E-state index contributed by atoms with van der Waals surface area (Å²) in [6, 6.07) is 7.23. The summed E-state index contributed by atoms with van der Waals surface area (Å²) in [5.74, 6) is 0. The lowest BCUT2D eigenvalue weighted by Gasteiger charge is -1.96. The molecule has 1 unspecified atom stereocenters. The predicted octanol–water partition coefficient (Wildman–Crippen LogP) is -0.873. The average molecular weight is 151 g/mol. The van der Waals surface area contributed by atoms with E-state index in [2.05, 4.69) is 0 Å². The van der Waals surface area contributed by atoms with Gasteiger partial charge in [0.1, 0.15) is 0 Å². The van der Waals surface area contributed by atoms with Gasteiger partial charge in [0.05, 0.1) is 5.56 Å². The Bertz CT molecular complexity index is 249. The first kappa shape index (κ1) is 6.85. The van der Waals surface area contributed by atoms with Gasteiger partial charge in [0, 0.05) is 0 Å². The third-order valence-electron chi connectivity index (χ3n) is 1.81. The molecule has 0 fully saturated rings. The molecule has 1 aromatic carbocycles. The molecule has 0 saturated heterocycles. The van der Waals surface area contributed by atoms with Crippen molar-refractivity contribution in [3.05, 3.63) is 29.8 Å². The van der Waals surface area contributed by atoms with Crippen molar-refractivity contribution in [2.45, 2.75) is 6.29 Å². The molecule has 3 nitrogen and oxygen atoms in total. The molecule has 0 amide bonds. The van der Waals surface area contributed by atoms with Crippen molar-refractivity contribution < 1.29 is 14.8 Å². The summed E-state index contributed by atoms with van der Waals surface area (Å²) >= 11 is 0.